The molecule has 0 N–H and O–H groups in total. The van der Waals surface area contributed by atoms with E-state index < -0.39 is 0 Å². The normalized spacial score (nSPS) is 16.3. The third-order valence-electron chi connectivity index (χ3n) is 3.98. The van der Waals surface area contributed by atoms with E-state index in [0.29, 0.717) is 0 Å². The number of hydrogen-bond donors (Lipinski definition) is 0. The fourth-order valence-corrected chi connectivity index (χ4v) is 4.12. The quantitative estimate of drug-likeness (QED) is 0.782. The van der Waals surface area contributed by atoms with Crippen molar-refractivity contribution < 1.29 is 9.18 Å². The SMILES string of the molecule is O=C(c1ccc(Br)s1)N1CCCN(Cc2ccc(F)cc2)CC1. The van der Waals surface area contributed by atoms with Crippen molar-refractivity contribution in [2.24, 2.45) is 0 Å². The molecule has 1 aliphatic heterocycles. The molecule has 1 aromatic carbocycles. The molecule has 23 heavy (non-hydrogen) atoms. The van der Waals surface area contributed by atoms with Crippen molar-refractivity contribution in [2.45, 2.75) is 13.0 Å². The number of halogens is 2. The Hall–Kier alpha value is -1.24. The summed E-state index contributed by atoms with van der Waals surface area (Å²) in [5.41, 5.74) is 1.10. The lowest BCUT2D eigenvalue weighted by atomic mass is 10.2. The highest BCUT2D eigenvalue weighted by Gasteiger charge is 2.21. The predicted molar refractivity (Wildman–Crippen MR) is 94.2 cm³/mol. The molecule has 0 radical (unpaired) electrons. The lowest BCUT2D eigenvalue weighted by molar-refractivity contribution is 0.0766. The smallest absolute Gasteiger partial charge is 0.264 e. The first-order valence-electron chi connectivity index (χ1n) is 7.63. The lowest BCUT2D eigenvalue weighted by Gasteiger charge is -2.21. The van der Waals surface area contributed by atoms with Gasteiger partial charge in [-0.1, -0.05) is 12.1 Å². The fourth-order valence-electron chi connectivity index (χ4n) is 2.77. The van der Waals surface area contributed by atoms with E-state index >= 15 is 0 Å². The number of hydrogen-bond acceptors (Lipinski definition) is 3. The Morgan fingerprint density at radius 1 is 1.09 bits per heavy atom. The van der Waals surface area contributed by atoms with Gasteiger partial charge in [0.2, 0.25) is 0 Å². The largest absolute Gasteiger partial charge is 0.337 e. The second-order valence-corrected chi connectivity index (χ2v) is 8.12. The molecule has 3 nitrogen and oxygen atoms in total. The molecule has 0 spiro atoms. The Bertz CT molecular complexity index is 673. The molecule has 1 aromatic heterocycles. The van der Waals surface area contributed by atoms with Crippen molar-refractivity contribution in [3.63, 3.8) is 0 Å². The van der Waals surface area contributed by atoms with Crippen molar-refractivity contribution >= 4 is 33.2 Å². The number of nitrogens with zero attached hydrogens (tertiary/aromatic N) is 2. The predicted octanol–water partition coefficient (Wildman–Crippen LogP) is 4.00. The zero-order chi connectivity index (χ0) is 16.2. The number of carbonyl (C=O) groups is 1. The maximum absolute atomic E-state index is 13.0. The van der Waals surface area contributed by atoms with E-state index in [9.17, 15) is 9.18 Å². The van der Waals surface area contributed by atoms with E-state index in [1.54, 1.807) is 0 Å². The van der Waals surface area contributed by atoms with Gasteiger partial charge < -0.3 is 4.90 Å². The minimum absolute atomic E-state index is 0.115. The number of benzene rings is 1. The standard InChI is InChI=1S/C17H18BrFN2OS/c18-16-7-6-15(23-16)17(22)21-9-1-8-20(10-11-21)12-13-2-4-14(19)5-3-13/h2-7H,1,8-12H2. The Kier molecular flexibility index (Phi) is 5.46. The van der Waals surface area contributed by atoms with Crippen LogP contribution in [0.5, 0.6) is 0 Å². The molecule has 2 heterocycles. The highest BCUT2D eigenvalue weighted by molar-refractivity contribution is 9.11. The van der Waals surface area contributed by atoms with Crippen LogP contribution in [0.3, 0.4) is 0 Å². The summed E-state index contributed by atoms with van der Waals surface area (Å²) in [7, 11) is 0. The summed E-state index contributed by atoms with van der Waals surface area (Å²) in [6, 6.07) is 10.4. The Balaban J connectivity index is 1.58. The zero-order valence-electron chi connectivity index (χ0n) is 12.7. The van der Waals surface area contributed by atoms with Gasteiger partial charge in [0.05, 0.1) is 8.66 Å². The van der Waals surface area contributed by atoms with Crippen molar-refractivity contribution in [2.75, 3.05) is 26.2 Å². The fraction of sp³-hybridized carbons (Fsp3) is 0.353. The molecule has 0 bridgehead atoms. The number of amides is 1. The lowest BCUT2D eigenvalue weighted by Crippen LogP contribution is -2.34. The molecule has 1 saturated heterocycles. The van der Waals surface area contributed by atoms with E-state index in [1.165, 1.54) is 23.5 Å². The first kappa shape index (κ1) is 16.6. The second-order valence-electron chi connectivity index (χ2n) is 5.65. The highest BCUT2D eigenvalue weighted by atomic mass is 79.9. The molecule has 3 rings (SSSR count). The Labute approximate surface area is 147 Å². The topological polar surface area (TPSA) is 23.6 Å². The third kappa shape index (κ3) is 4.40. The van der Waals surface area contributed by atoms with Gasteiger partial charge in [-0.2, -0.15) is 0 Å². The molecule has 0 unspecified atom stereocenters. The van der Waals surface area contributed by atoms with Gasteiger partial charge in [0.15, 0.2) is 0 Å². The number of rotatable bonds is 3. The van der Waals surface area contributed by atoms with Crippen LogP contribution in [-0.4, -0.2) is 41.9 Å². The van der Waals surface area contributed by atoms with Gasteiger partial charge in [-0.25, -0.2) is 4.39 Å². The van der Waals surface area contributed by atoms with Crippen LogP contribution in [0.25, 0.3) is 0 Å². The summed E-state index contributed by atoms with van der Waals surface area (Å²) in [5, 5.41) is 0. The Morgan fingerprint density at radius 3 is 2.57 bits per heavy atom. The number of thiophene rings is 1. The van der Waals surface area contributed by atoms with E-state index in [4.69, 9.17) is 0 Å². The zero-order valence-corrected chi connectivity index (χ0v) is 15.1. The summed E-state index contributed by atoms with van der Waals surface area (Å²) in [6.07, 6.45) is 0.958. The van der Waals surface area contributed by atoms with Gasteiger partial charge in [-0.3, -0.25) is 9.69 Å². The summed E-state index contributed by atoms with van der Waals surface area (Å²) in [4.78, 5) is 17.6. The summed E-state index contributed by atoms with van der Waals surface area (Å²) >= 11 is 4.88. The van der Waals surface area contributed by atoms with Crippen LogP contribution in [0.4, 0.5) is 4.39 Å². The van der Waals surface area contributed by atoms with Crippen molar-refractivity contribution in [1.29, 1.82) is 0 Å². The molecule has 2 aromatic rings. The van der Waals surface area contributed by atoms with Gasteiger partial charge >= 0.3 is 0 Å². The van der Waals surface area contributed by atoms with Crippen LogP contribution in [0, 0.1) is 5.82 Å². The minimum Gasteiger partial charge on any atom is -0.337 e. The van der Waals surface area contributed by atoms with E-state index in [0.717, 1.165) is 53.4 Å². The summed E-state index contributed by atoms with van der Waals surface area (Å²) in [5.74, 6) is -0.0900. The minimum atomic E-state index is -0.205. The maximum atomic E-state index is 13.0. The van der Waals surface area contributed by atoms with Crippen LogP contribution in [-0.2, 0) is 6.54 Å². The van der Waals surface area contributed by atoms with Crippen LogP contribution in [0.2, 0.25) is 0 Å². The molecular formula is C17H18BrFN2OS. The van der Waals surface area contributed by atoms with Crippen LogP contribution >= 0.6 is 27.3 Å². The van der Waals surface area contributed by atoms with Gasteiger partial charge in [-0.15, -0.1) is 11.3 Å². The Morgan fingerprint density at radius 2 is 1.87 bits per heavy atom. The monoisotopic (exact) mass is 396 g/mol. The first-order valence-corrected chi connectivity index (χ1v) is 9.24. The van der Waals surface area contributed by atoms with Crippen molar-refractivity contribution in [3.05, 3.63) is 56.4 Å². The second kappa shape index (κ2) is 7.55. The van der Waals surface area contributed by atoms with E-state index in [1.807, 2.05) is 29.2 Å². The molecular weight excluding hydrogens is 379 g/mol. The molecule has 1 fully saturated rings. The van der Waals surface area contributed by atoms with Gasteiger partial charge in [0.25, 0.3) is 5.91 Å². The molecule has 0 atom stereocenters. The molecule has 1 amide bonds. The van der Waals surface area contributed by atoms with E-state index in [2.05, 4.69) is 20.8 Å². The van der Waals surface area contributed by atoms with Crippen LogP contribution in [0.15, 0.2) is 40.2 Å². The highest BCUT2D eigenvalue weighted by Crippen LogP contribution is 2.23. The number of carbonyl (C=O) groups excluding carboxylic acids is 1. The van der Waals surface area contributed by atoms with Crippen molar-refractivity contribution in [3.8, 4) is 0 Å². The third-order valence-corrected chi connectivity index (χ3v) is 5.59. The molecule has 1 aliphatic rings. The molecule has 0 aliphatic carbocycles. The molecule has 0 saturated carbocycles. The average molecular weight is 397 g/mol. The van der Waals surface area contributed by atoms with Crippen LogP contribution in [0.1, 0.15) is 21.7 Å². The van der Waals surface area contributed by atoms with Gasteiger partial charge in [0, 0.05) is 32.7 Å². The van der Waals surface area contributed by atoms with Gasteiger partial charge in [0.1, 0.15) is 5.82 Å². The summed E-state index contributed by atoms with van der Waals surface area (Å²) in [6.45, 7) is 4.11. The van der Waals surface area contributed by atoms with E-state index in [-0.39, 0.29) is 11.7 Å². The van der Waals surface area contributed by atoms with Crippen molar-refractivity contribution in [1.82, 2.24) is 9.80 Å². The summed E-state index contributed by atoms with van der Waals surface area (Å²) < 4.78 is 14.0. The molecule has 6 heteroatoms. The van der Waals surface area contributed by atoms with Crippen LogP contribution < -0.4 is 0 Å². The molecule has 122 valence electrons. The van der Waals surface area contributed by atoms with Gasteiger partial charge in [-0.05, 0) is 52.2 Å². The average Bonchev–Trinajstić information content (AvgIpc) is 2.84. The first-order chi connectivity index (χ1) is 11.1. The maximum Gasteiger partial charge on any atom is 0.264 e.